The van der Waals surface area contributed by atoms with Gasteiger partial charge in [-0.3, -0.25) is 10.1 Å². The number of thioether (sulfide) groups is 1. The van der Waals surface area contributed by atoms with Crippen molar-refractivity contribution >= 4 is 17.4 Å². The van der Waals surface area contributed by atoms with Crippen LogP contribution in [0, 0.1) is 22.9 Å². The zero-order chi connectivity index (χ0) is 13.8. The van der Waals surface area contributed by atoms with Crippen LogP contribution in [-0.4, -0.2) is 4.92 Å². The van der Waals surface area contributed by atoms with Crippen LogP contribution < -0.4 is 0 Å². The molecule has 5 heteroatoms. The molecule has 0 fully saturated rings. The minimum Gasteiger partial charge on any atom is -0.258 e. The summed E-state index contributed by atoms with van der Waals surface area (Å²) in [5.41, 5.74) is 1.42. The van der Waals surface area contributed by atoms with Crippen molar-refractivity contribution in [3.8, 4) is 0 Å². The molecule has 0 radical (unpaired) electrons. The Bertz CT molecular complexity index is 616. The minimum absolute atomic E-state index is 0.482. The van der Waals surface area contributed by atoms with Crippen LogP contribution in [0.2, 0.25) is 0 Å². The third-order valence-corrected chi connectivity index (χ3v) is 3.67. The number of hydrogen-bond donors (Lipinski definition) is 0. The number of aryl methyl sites for hydroxylation is 1. The van der Waals surface area contributed by atoms with E-state index in [0.717, 1.165) is 10.5 Å². The van der Waals surface area contributed by atoms with Crippen molar-refractivity contribution in [2.75, 3.05) is 0 Å². The van der Waals surface area contributed by atoms with Crippen molar-refractivity contribution in [3.05, 3.63) is 69.5 Å². The minimum atomic E-state index is -0.785. The van der Waals surface area contributed by atoms with Gasteiger partial charge in [0.05, 0.1) is 4.92 Å². The SMILES string of the molecule is Cc1cccc(SCc2ccc([N+](=O)[O-])c(F)c2)c1. The van der Waals surface area contributed by atoms with E-state index < -0.39 is 16.4 Å². The molecule has 2 aromatic rings. The van der Waals surface area contributed by atoms with Crippen LogP contribution in [0.1, 0.15) is 11.1 Å². The lowest BCUT2D eigenvalue weighted by molar-refractivity contribution is -0.387. The van der Waals surface area contributed by atoms with Crippen LogP contribution in [-0.2, 0) is 5.75 Å². The highest BCUT2D eigenvalue weighted by Crippen LogP contribution is 2.25. The number of nitrogens with zero attached hydrogens (tertiary/aromatic N) is 1. The molecule has 0 aromatic heterocycles. The molecule has 0 heterocycles. The molecule has 2 aromatic carbocycles. The molecule has 0 aliphatic rings. The first-order chi connectivity index (χ1) is 9.06. The molecule has 0 unspecified atom stereocenters. The molecule has 0 aliphatic heterocycles. The first-order valence-corrected chi connectivity index (χ1v) is 6.67. The predicted octanol–water partition coefficient (Wildman–Crippen LogP) is 4.33. The van der Waals surface area contributed by atoms with Crippen molar-refractivity contribution in [1.82, 2.24) is 0 Å². The van der Waals surface area contributed by atoms with Gasteiger partial charge < -0.3 is 0 Å². The van der Waals surface area contributed by atoms with Crippen LogP contribution in [0.15, 0.2) is 47.4 Å². The largest absolute Gasteiger partial charge is 0.304 e. The van der Waals surface area contributed by atoms with Crippen molar-refractivity contribution in [3.63, 3.8) is 0 Å². The molecule has 0 aliphatic carbocycles. The molecule has 2 rings (SSSR count). The van der Waals surface area contributed by atoms with Crippen LogP contribution in [0.4, 0.5) is 10.1 Å². The lowest BCUT2D eigenvalue weighted by Gasteiger charge is -2.03. The average Bonchev–Trinajstić information content (AvgIpc) is 2.36. The molecule has 0 saturated carbocycles. The van der Waals surface area contributed by atoms with Gasteiger partial charge in [0.1, 0.15) is 0 Å². The molecule has 19 heavy (non-hydrogen) atoms. The van der Waals surface area contributed by atoms with E-state index in [-0.39, 0.29) is 0 Å². The summed E-state index contributed by atoms with van der Waals surface area (Å²) in [7, 11) is 0. The Kier molecular flexibility index (Phi) is 4.16. The van der Waals surface area contributed by atoms with Gasteiger partial charge in [-0.2, -0.15) is 4.39 Å². The van der Waals surface area contributed by atoms with Crippen molar-refractivity contribution in [2.24, 2.45) is 0 Å². The maximum Gasteiger partial charge on any atom is 0.304 e. The van der Waals surface area contributed by atoms with E-state index in [1.54, 1.807) is 17.8 Å². The quantitative estimate of drug-likeness (QED) is 0.474. The van der Waals surface area contributed by atoms with Gasteiger partial charge in [0.25, 0.3) is 0 Å². The summed E-state index contributed by atoms with van der Waals surface area (Å²) in [6.07, 6.45) is 0. The van der Waals surface area contributed by atoms with E-state index in [1.165, 1.54) is 17.7 Å². The van der Waals surface area contributed by atoms with Crippen molar-refractivity contribution in [1.29, 1.82) is 0 Å². The van der Waals surface area contributed by atoms with Gasteiger partial charge in [-0.05, 0) is 30.7 Å². The van der Waals surface area contributed by atoms with E-state index in [2.05, 4.69) is 0 Å². The standard InChI is InChI=1S/C14H12FNO2S/c1-10-3-2-4-12(7-10)19-9-11-5-6-14(16(17)18)13(15)8-11/h2-8H,9H2,1H3. The first kappa shape index (κ1) is 13.5. The highest BCUT2D eigenvalue weighted by atomic mass is 32.2. The molecule has 0 saturated heterocycles. The van der Waals surface area contributed by atoms with Gasteiger partial charge in [-0.1, -0.05) is 23.8 Å². The third kappa shape index (κ3) is 3.54. The van der Waals surface area contributed by atoms with E-state index in [0.29, 0.717) is 5.75 Å². The smallest absolute Gasteiger partial charge is 0.258 e. The summed E-state index contributed by atoms with van der Waals surface area (Å²) in [4.78, 5) is 10.9. The lowest BCUT2D eigenvalue weighted by atomic mass is 10.2. The predicted molar refractivity (Wildman–Crippen MR) is 73.8 cm³/mol. The maximum absolute atomic E-state index is 13.4. The molecule has 0 bridgehead atoms. The fourth-order valence-corrected chi connectivity index (χ4v) is 2.62. The van der Waals surface area contributed by atoms with E-state index in [1.807, 2.05) is 31.2 Å². The summed E-state index contributed by atoms with van der Waals surface area (Å²) in [5, 5.41) is 10.5. The lowest BCUT2D eigenvalue weighted by Crippen LogP contribution is -1.93. The van der Waals surface area contributed by atoms with Crippen molar-refractivity contribution < 1.29 is 9.31 Å². The van der Waals surface area contributed by atoms with Crippen LogP contribution in [0.3, 0.4) is 0 Å². The summed E-state index contributed by atoms with van der Waals surface area (Å²) < 4.78 is 13.4. The highest BCUT2D eigenvalue weighted by molar-refractivity contribution is 7.98. The average molecular weight is 277 g/mol. The Balaban J connectivity index is 2.08. The number of halogens is 1. The van der Waals surface area contributed by atoms with Gasteiger partial charge >= 0.3 is 5.69 Å². The monoisotopic (exact) mass is 277 g/mol. The number of nitro groups is 1. The second-order valence-corrected chi connectivity index (χ2v) is 5.20. The topological polar surface area (TPSA) is 43.1 Å². The highest BCUT2D eigenvalue weighted by Gasteiger charge is 2.13. The molecule has 0 amide bonds. The molecule has 98 valence electrons. The Labute approximate surface area is 114 Å². The van der Waals surface area contributed by atoms with E-state index in [9.17, 15) is 14.5 Å². The zero-order valence-electron chi connectivity index (χ0n) is 10.3. The Hall–Kier alpha value is -1.88. The van der Waals surface area contributed by atoms with E-state index in [4.69, 9.17) is 0 Å². The summed E-state index contributed by atoms with van der Waals surface area (Å²) >= 11 is 1.57. The maximum atomic E-state index is 13.4. The van der Waals surface area contributed by atoms with Crippen LogP contribution in [0.25, 0.3) is 0 Å². The number of rotatable bonds is 4. The molecule has 0 atom stereocenters. The first-order valence-electron chi connectivity index (χ1n) is 5.68. The number of hydrogen-bond acceptors (Lipinski definition) is 3. The molecule has 3 nitrogen and oxygen atoms in total. The summed E-state index contributed by atoms with van der Waals surface area (Å²) in [6.45, 7) is 2.01. The molecular weight excluding hydrogens is 265 g/mol. The Morgan fingerprint density at radius 1 is 1.26 bits per heavy atom. The van der Waals surface area contributed by atoms with Crippen LogP contribution in [0.5, 0.6) is 0 Å². The van der Waals surface area contributed by atoms with Gasteiger partial charge in [0.15, 0.2) is 0 Å². The van der Waals surface area contributed by atoms with Crippen molar-refractivity contribution in [2.45, 2.75) is 17.6 Å². The van der Waals surface area contributed by atoms with E-state index >= 15 is 0 Å². The zero-order valence-corrected chi connectivity index (χ0v) is 11.1. The second kappa shape index (κ2) is 5.84. The Morgan fingerprint density at radius 3 is 2.68 bits per heavy atom. The number of benzene rings is 2. The van der Waals surface area contributed by atoms with Gasteiger partial charge in [0.2, 0.25) is 5.82 Å². The number of nitro benzene ring substituents is 1. The summed E-state index contributed by atoms with van der Waals surface area (Å²) in [6, 6.07) is 12.0. The fourth-order valence-electron chi connectivity index (χ4n) is 1.66. The van der Waals surface area contributed by atoms with Gasteiger partial charge in [-0.25, -0.2) is 0 Å². The molecular formula is C14H12FNO2S. The van der Waals surface area contributed by atoms with Gasteiger partial charge in [0, 0.05) is 16.7 Å². The summed E-state index contributed by atoms with van der Waals surface area (Å²) in [5.74, 6) is -0.203. The third-order valence-electron chi connectivity index (χ3n) is 2.60. The normalized spacial score (nSPS) is 10.4. The Morgan fingerprint density at radius 2 is 2.05 bits per heavy atom. The second-order valence-electron chi connectivity index (χ2n) is 4.15. The van der Waals surface area contributed by atoms with Crippen LogP contribution >= 0.6 is 11.8 Å². The fraction of sp³-hybridized carbons (Fsp3) is 0.143. The molecule has 0 spiro atoms. The van der Waals surface area contributed by atoms with Gasteiger partial charge in [-0.15, -0.1) is 11.8 Å². The molecule has 0 N–H and O–H groups in total.